The Morgan fingerprint density at radius 3 is 2.50 bits per heavy atom. The van der Waals surface area contributed by atoms with Crippen LogP contribution in [0.1, 0.15) is 18.1 Å². The number of carbonyl (C=O) groups is 1. The van der Waals surface area contributed by atoms with Gasteiger partial charge in [-0.2, -0.15) is 13.7 Å². The van der Waals surface area contributed by atoms with Crippen LogP contribution in [0.25, 0.3) is 6.08 Å². The quantitative estimate of drug-likeness (QED) is 0.100. The van der Waals surface area contributed by atoms with E-state index in [2.05, 4.69) is 21.2 Å². The number of rotatable bonds is 9. The lowest BCUT2D eigenvalue weighted by Crippen LogP contribution is -2.14. The molecule has 0 fully saturated rings. The van der Waals surface area contributed by atoms with Crippen molar-refractivity contribution in [1.82, 2.24) is 0 Å². The minimum Gasteiger partial charge on any atom is -0.490 e. The van der Waals surface area contributed by atoms with E-state index in [0.29, 0.717) is 5.56 Å². The van der Waals surface area contributed by atoms with E-state index in [-0.39, 0.29) is 49.4 Å². The fourth-order valence-electron chi connectivity index (χ4n) is 3.11. The first-order valence-corrected chi connectivity index (χ1v) is 13.4. The molecule has 0 saturated carbocycles. The maximum absolute atomic E-state index is 12.8. The molecule has 0 aliphatic heterocycles. The Kier molecular flexibility index (Phi) is 9.11. The summed E-state index contributed by atoms with van der Waals surface area (Å²) in [6.45, 7) is 3.67. The highest BCUT2D eigenvalue weighted by atomic mass is 79.9. The molecular weight excluding hydrogens is 602 g/mol. The number of aryl methyl sites for hydroxylation is 1. The van der Waals surface area contributed by atoms with Crippen molar-refractivity contribution in [2.24, 2.45) is 0 Å². The van der Waals surface area contributed by atoms with Gasteiger partial charge < -0.3 is 14.2 Å². The third-order valence-electron chi connectivity index (χ3n) is 4.92. The number of nitriles is 1. The molecule has 0 radical (unpaired) electrons. The molecule has 0 aromatic heterocycles. The number of hydrogen-bond acceptors (Lipinski definition) is 8. The molecule has 0 unspecified atom stereocenters. The molecule has 38 heavy (non-hydrogen) atoms. The Morgan fingerprint density at radius 2 is 1.89 bits per heavy atom. The Balaban J connectivity index is 1.95. The lowest BCUT2D eigenvalue weighted by Gasteiger charge is -2.15. The lowest BCUT2D eigenvalue weighted by molar-refractivity contribution is -0.384. The van der Waals surface area contributed by atoms with Crippen LogP contribution in [-0.2, 0) is 14.9 Å². The summed E-state index contributed by atoms with van der Waals surface area (Å²) >= 11 is 9.30. The van der Waals surface area contributed by atoms with Crippen LogP contribution in [0.5, 0.6) is 11.5 Å². The number of benzene rings is 3. The summed E-state index contributed by atoms with van der Waals surface area (Å²) in [5, 5.41) is 23.0. The number of hydrogen-bond donors (Lipinski definition) is 1. The van der Waals surface area contributed by atoms with Gasteiger partial charge >= 0.3 is 10.1 Å². The molecule has 3 aromatic rings. The van der Waals surface area contributed by atoms with Gasteiger partial charge in [-0.25, -0.2) is 0 Å². The summed E-state index contributed by atoms with van der Waals surface area (Å²) in [6.07, 6.45) is 1.23. The Hall–Kier alpha value is -3.92. The molecule has 10 nitrogen and oxygen atoms in total. The molecule has 3 rings (SSSR count). The summed E-state index contributed by atoms with van der Waals surface area (Å²) in [7, 11) is -4.20. The largest absolute Gasteiger partial charge is 0.490 e. The van der Waals surface area contributed by atoms with Crippen LogP contribution in [0.15, 0.2) is 69.5 Å². The number of nitrogens with one attached hydrogen (secondary N) is 1. The molecule has 0 aliphatic rings. The lowest BCUT2D eigenvalue weighted by atomic mass is 10.1. The molecule has 1 N–H and O–H groups in total. The van der Waals surface area contributed by atoms with E-state index >= 15 is 0 Å². The maximum atomic E-state index is 12.8. The zero-order valence-electron chi connectivity index (χ0n) is 19.9. The van der Waals surface area contributed by atoms with Crippen LogP contribution in [0.2, 0.25) is 5.02 Å². The zero-order chi connectivity index (χ0) is 28.0. The molecule has 0 spiro atoms. The number of nitro benzene ring substituents is 1. The first kappa shape index (κ1) is 28.6. The molecule has 13 heteroatoms. The monoisotopic (exact) mass is 619 g/mol. The summed E-state index contributed by atoms with van der Waals surface area (Å²) in [5.41, 5.74) is 0.475. The van der Waals surface area contributed by atoms with Gasteiger partial charge in [0, 0.05) is 12.1 Å². The fraction of sp³-hybridized carbons (Fsp3) is 0.120. The number of anilines is 1. The van der Waals surface area contributed by atoms with E-state index in [0.717, 1.165) is 11.6 Å². The highest BCUT2D eigenvalue weighted by Gasteiger charge is 2.23. The zero-order valence-corrected chi connectivity index (χ0v) is 23.1. The van der Waals surface area contributed by atoms with E-state index in [4.69, 9.17) is 20.5 Å². The minimum absolute atomic E-state index is 0.0407. The van der Waals surface area contributed by atoms with Crippen molar-refractivity contribution in [2.45, 2.75) is 18.7 Å². The molecule has 1 amide bonds. The molecule has 0 heterocycles. The van der Waals surface area contributed by atoms with E-state index in [9.17, 15) is 28.6 Å². The summed E-state index contributed by atoms with van der Waals surface area (Å²) < 4.78 is 36.8. The summed E-state index contributed by atoms with van der Waals surface area (Å²) in [4.78, 5) is 23.1. The first-order chi connectivity index (χ1) is 17.9. The molecule has 0 saturated heterocycles. The minimum atomic E-state index is -4.20. The third-order valence-corrected chi connectivity index (χ3v) is 7.07. The van der Waals surface area contributed by atoms with Crippen molar-refractivity contribution >= 4 is 61.0 Å². The molecule has 0 bridgehead atoms. The molecule has 3 aromatic carbocycles. The predicted molar refractivity (Wildman–Crippen MR) is 145 cm³/mol. The summed E-state index contributed by atoms with van der Waals surface area (Å²) in [6, 6.07) is 14.2. The van der Waals surface area contributed by atoms with Crippen molar-refractivity contribution in [2.75, 3.05) is 11.9 Å². The van der Waals surface area contributed by atoms with E-state index in [1.165, 1.54) is 42.5 Å². The number of non-ortho nitro benzene ring substituents is 1. The standard InChI is InChI=1S/C25H19BrClN3O7S/c1-3-36-23-12-16(11-20(26)24(23)37-38(34,35)19-7-4-15(2)5-8-19)10-17(14-28)25(31)29-22-13-18(30(32)33)6-9-21(22)27/h4-13H,3H2,1-2H3,(H,29,31)/b17-10+. The van der Waals surface area contributed by atoms with Gasteiger partial charge in [-0.15, -0.1) is 0 Å². The van der Waals surface area contributed by atoms with Crippen LogP contribution in [-0.4, -0.2) is 25.9 Å². The van der Waals surface area contributed by atoms with Crippen LogP contribution in [0, 0.1) is 28.4 Å². The fourth-order valence-corrected chi connectivity index (χ4v) is 4.87. The van der Waals surface area contributed by atoms with Gasteiger partial charge in [0.1, 0.15) is 16.5 Å². The van der Waals surface area contributed by atoms with Gasteiger partial charge in [0.05, 0.1) is 26.7 Å². The topological polar surface area (TPSA) is 149 Å². The SMILES string of the molecule is CCOc1cc(/C=C(\C#N)C(=O)Nc2cc([N+](=O)[O-])ccc2Cl)cc(Br)c1OS(=O)(=O)c1ccc(C)cc1. The predicted octanol–water partition coefficient (Wildman–Crippen LogP) is 6.03. The van der Waals surface area contributed by atoms with E-state index < -0.39 is 20.9 Å². The van der Waals surface area contributed by atoms with Crippen molar-refractivity contribution in [3.8, 4) is 17.6 Å². The Morgan fingerprint density at radius 1 is 1.21 bits per heavy atom. The second-order valence-electron chi connectivity index (χ2n) is 7.66. The number of halogens is 2. The van der Waals surface area contributed by atoms with Crippen LogP contribution in [0.3, 0.4) is 0 Å². The molecular formula is C25H19BrClN3O7S. The number of amides is 1. The average Bonchev–Trinajstić information content (AvgIpc) is 2.86. The number of carbonyl (C=O) groups excluding carboxylic acids is 1. The Labute approximate surface area is 231 Å². The third kappa shape index (κ3) is 6.89. The number of nitro groups is 1. The van der Waals surface area contributed by atoms with Gasteiger partial charge in [-0.05, 0) is 71.7 Å². The van der Waals surface area contributed by atoms with Gasteiger partial charge in [-0.1, -0.05) is 29.3 Å². The van der Waals surface area contributed by atoms with Crippen molar-refractivity contribution in [3.05, 3.63) is 90.9 Å². The van der Waals surface area contributed by atoms with Gasteiger partial charge in [0.25, 0.3) is 11.6 Å². The first-order valence-electron chi connectivity index (χ1n) is 10.8. The highest BCUT2D eigenvalue weighted by Crippen LogP contribution is 2.39. The summed E-state index contributed by atoms with van der Waals surface area (Å²) in [5.74, 6) is -0.939. The smallest absolute Gasteiger partial charge is 0.339 e. The van der Waals surface area contributed by atoms with Crippen LogP contribution in [0.4, 0.5) is 11.4 Å². The average molecular weight is 621 g/mol. The Bertz CT molecular complexity index is 1580. The number of nitrogens with zero attached hydrogens (tertiary/aromatic N) is 2. The van der Waals surface area contributed by atoms with E-state index in [1.807, 2.05) is 6.92 Å². The normalized spacial score (nSPS) is 11.4. The van der Waals surface area contributed by atoms with Crippen LogP contribution < -0.4 is 14.2 Å². The van der Waals surface area contributed by atoms with Gasteiger partial charge in [0.2, 0.25) is 0 Å². The van der Waals surface area contributed by atoms with Crippen molar-refractivity contribution in [1.29, 1.82) is 5.26 Å². The van der Waals surface area contributed by atoms with Gasteiger partial charge in [-0.3, -0.25) is 14.9 Å². The van der Waals surface area contributed by atoms with E-state index in [1.54, 1.807) is 25.1 Å². The second-order valence-corrected chi connectivity index (χ2v) is 10.5. The van der Waals surface area contributed by atoms with Crippen LogP contribution >= 0.6 is 27.5 Å². The van der Waals surface area contributed by atoms with Crippen molar-refractivity contribution in [3.63, 3.8) is 0 Å². The number of ether oxygens (including phenoxy) is 1. The second kappa shape index (κ2) is 12.1. The van der Waals surface area contributed by atoms with Gasteiger partial charge in [0.15, 0.2) is 11.5 Å². The molecule has 0 atom stereocenters. The van der Waals surface area contributed by atoms with Crippen molar-refractivity contribution < 1.29 is 27.1 Å². The molecule has 196 valence electrons. The molecule has 0 aliphatic carbocycles. The maximum Gasteiger partial charge on any atom is 0.339 e. The highest BCUT2D eigenvalue weighted by molar-refractivity contribution is 9.10.